The summed E-state index contributed by atoms with van der Waals surface area (Å²) in [4.78, 5) is 14.1. The lowest BCUT2D eigenvalue weighted by Gasteiger charge is -2.29. The Bertz CT molecular complexity index is 468. The number of nitrogens with one attached hydrogen (secondary N) is 1. The van der Waals surface area contributed by atoms with E-state index in [9.17, 15) is 4.79 Å². The highest BCUT2D eigenvalue weighted by molar-refractivity contribution is 5.81. The molecule has 1 aliphatic rings. The van der Waals surface area contributed by atoms with Gasteiger partial charge in [0.25, 0.3) is 0 Å². The molecule has 1 atom stereocenters. The van der Waals surface area contributed by atoms with Crippen molar-refractivity contribution in [2.75, 3.05) is 26.3 Å². The number of hydrogen-bond donors (Lipinski definition) is 1. The molecular formula is C16H24N2O2. The molecule has 0 spiro atoms. The quantitative estimate of drug-likeness (QED) is 0.909. The highest BCUT2D eigenvalue weighted by Gasteiger charge is 2.21. The summed E-state index contributed by atoms with van der Waals surface area (Å²) in [6.45, 7) is 9.56. The number of amides is 1. The predicted octanol–water partition coefficient (Wildman–Crippen LogP) is 1.64. The molecule has 1 amide bonds. The Morgan fingerprint density at radius 1 is 1.35 bits per heavy atom. The molecule has 1 unspecified atom stereocenters. The maximum atomic E-state index is 12.3. The van der Waals surface area contributed by atoms with Gasteiger partial charge in [0.15, 0.2) is 0 Å². The summed E-state index contributed by atoms with van der Waals surface area (Å²) < 4.78 is 5.27. The van der Waals surface area contributed by atoms with Crippen molar-refractivity contribution in [1.29, 1.82) is 0 Å². The van der Waals surface area contributed by atoms with Crippen molar-refractivity contribution in [3.05, 3.63) is 34.9 Å². The molecule has 2 rings (SSSR count). The summed E-state index contributed by atoms with van der Waals surface area (Å²) in [7, 11) is 0. The third-order valence-corrected chi connectivity index (χ3v) is 3.79. The van der Waals surface area contributed by atoms with E-state index >= 15 is 0 Å². The van der Waals surface area contributed by atoms with Crippen molar-refractivity contribution in [2.24, 2.45) is 0 Å². The Morgan fingerprint density at radius 2 is 2.05 bits per heavy atom. The van der Waals surface area contributed by atoms with E-state index in [1.165, 1.54) is 16.7 Å². The van der Waals surface area contributed by atoms with Crippen molar-refractivity contribution < 1.29 is 9.53 Å². The van der Waals surface area contributed by atoms with Gasteiger partial charge in [0, 0.05) is 19.6 Å². The number of rotatable bonds is 4. The molecule has 1 saturated heterocycles. The Labute approximate surface area is 121 Å². The summed E-state index contributed by atoms with van der Waals surface area (Å²) >= 11 is 0. The SMILES string of the molecule is Cc1ccc(CNC(C)C(=O)N2CCOCC2)c(C)c1. The van der Waals surface area contributed by atoms with E-state index in [-0.39, 0.29) is 11.9 Å². The topological polar surface area (TPSA) is 41.6 Å². The van der Waals surface area contributed by atoms with Crippen molar-refractivity contribution in [3.8, 4) is 0 Å². The smallest absolute Gasteiger partial charge is 0.239 e. The van der Waals surface area contributed by atoms with Crippen molar-refractivity contribution in [3.63, 3.8) is 0 Å². The summed E-state index contributed by atoms with van der Waals surface area (Å²) in [5.41, 5.74) is 3.78. The van der Waals surface area contributed by atoms with Gasteiger partial charge in [0.2, 0.25) is 5.91 Å². The lowest BCUT2D eigenvalue weighted by Crippen LogP contribution is -2.49. The van der Waals surface area contributed by atoms with Gasteiger partial charge in [-0.15, -0.1) is 0 Å². The number of nitrogens with zero attached hydrogens (tertiary/aromatic N) is 1. The second kappa shape index (κ2) is 6.86. The van der Waals surface area contributed by atoms with Gasteiger partial charge >= 0.3 is 0 Å². The largest absolute Gasteiger partial charge is 0.378 e. The van der Waals surface area contributed by atoms with E-state index in [0.29, 0.717) is 26.3 Å². The molecule has 110 valence electrons. The second-order valence-corrected chi connectivity index (χ2v) is 5.47. The molecule has 0 bridgehead atoms. The number of benzene rings is 1. The van der Waals surface area contributed by atoms with Crippen LogP contribution in [0.15, 0.2) is 18.2 Å². The Balaban J connectivity index is 1.87. The third-order valence-electron chi connectivity index (χ3n) is 3.79. The Kier molecular flexibility index (Phi) is 5.15. The molecule has 1 aliphatic heterocycles. The van der Waals surface area contributed by atoms with Gasteiger partial charge in [-0.25, -0.2) is 0 Å². The fraction of sp³-hybridized carbons (Fsp3) is 0.562. The van der Waals surface area contributed by atoms with Crippen LogP contribution in [0.2, 0.25) is 0 Å². The van der Waals surface area contributed by atoms with Gasteiger partial charge < -0.3 is 15.0 Å². The third kappa shape index (κ3) is 3.81. The Hall–Kier alpha value is -1.39. The average molecular weight is 276 g/mol. The van der Waals surface area contributed by atoms with Crippen molar-refractivity contribution >= 4 is 5.91 Å². The molecule has 4 heteroatoms. The number of aryl methyl sites for hydroxylation is 2. The fourth-order valence-corrected chi connectivity index (χ4v) is 2.45. The molecule has 0 aromatic heterocycles. The first kappa shape index (κ1) is 15.0. The highest BCUT2D eigenvalue weighted by Crippen LogP contribution is 2.10. The molecule has 1 fully saturated rings. The van der Waals surface area contributed by atoms with Gasteiger partial charge in [-0.1, -0.05) is 23.8 Å². The van der Waals surface area contributed by atoms with Crippen LogP contribution >= 0.6 is 0 Å². The van der Waals surface area contributed by atoms with Crippen LogP contribution in [-0.2, 0) is 16.1 Å². The van der Waals surface area contributed by atoms with Crippen molar-refractivity contribution in [1.82, 2.24) is 10.2 Å². The lowest BCUT2D eigenvalue weighted by molar-refractivity contribution is -0.137. The van der Waals surface area contributed by atoms with Crippen LogP contribution in [0.1, 0.15) is 23.6 Å². The molecule has 0 radical (unpaired) electrons. The zero-order valence-corrected chi connectivity index (χ0v) is 12.6. The van der Waals surface area contributed by atoms with E-state index in [0.717, 1.165) is 6.54 Å². The summed E-state index contributed by atoms with van der Waals surface area (Å²) in [5, 5.41) is 3.32. The van der Waals surface area contributed by atoms with Crippen LogP contribution in [0.4, 0.5) is 0 Å². The Morgan fingerprint density at radius 3 is 2.70 bits per heavy atom. The lowest BCUT2D eigenvalue weighted by atomic mass is 10.1. The average Bonchev–Trinajstić information content (AvgIpc) is 2.46. The van der Waals surface area contributed by atoms with Crippen LogP contribution < -0.4 is 5.32 Å². The number of hydrogen-bond acceptors (Lipinski definition) is 3. The van der Waals surface area contributed by atoms with E-state index in [1.54, 1.807) is 0 Å². The van der Waals surface area contributed by atoms with Crippen LogP contribution in [0.25, 0.3) is 0 Å². The van der Waals surface area contributed by atoms with Crippen LogP contribution in [0.3, 0.4) is 0 Å². The number of carbonyl (C=O) groups is 1. The molecular weight excluding hydrogens is 252 g/mol. The van der Waals surface area contributed by atoms with E-state index in [1.807, 2.05) is 11.8 Å². The molecule has 0 aliphatic carbocycles. The number of morpholine rings is 1. The van der Waals surface area contributed by atoms with Gasteiger partial charge in [0.1, 0.15) is 0 Å². The number of ether oxygens (including phenoxy) is 1. The first-order valence-corrected chi connectivity index (χ1v) is 7.24. The summed E-state index contributed by atoms with van der Waals surface area (Å²) in [5.74, 6) is 0.165. The van der Waals surface area contributed by atoms with Crippen LogP contribution in [0, 0.1) is 13.8 Å². The second-order valence-electron chi connectivity index (χ2n) is 5.47. The molecule has 0 saturated carbocycles. The predicted molar refractivity (Wildman–Crippen MR) is 79.6 cm³/mol. The zero-order valence-electron chi connectivity index (χ0n) is 12.6. The minimum atomic E-state index is -0.159. The molecule has 4 nitrogen and oxygen atoms in total. The first-order valence-electron chi connectivity index (χ1n) is 7.24. The van der Waals surface area contributed by atoms with Crippen LogP contribution in [-0.4, -0.2) is 43.2 Å². The van der Waals surface area contributed by atoms with Crippen LogP contribution in [0.5, 0.6) is 0 Å². The van der Waals surface area contributed by atoms with Gasteiger partial charge in [-0.3, -0.25) is 4.79 Å². The van der Waals surface area contributed by atoms with E-state index in [4.69, 9.17) is 4.74 Å². The molecule has 1 heterocycles. The van der Waals surface area contributed by atoms with Gasteiger partial charge in [-0.05, 0) is 31.9 Å². The summed E-state index contributed by atoms with van der Waals surface area (Å²) in [6, 6.07) is 6.25. The minimum Gasteiger partial charge on any atom is -0.378 e. The maximum Gasteiger partial charge on any atom is 0.239 e. The molecule has 1 aromatic carbocycles. The standard InChI is InChI=1S/C16H24N2O2/c1-12-4-5-15(13(2)10-12)11-17-14(3)16(19)18-6-8-20-9-7-18/h4-5,10,14,17H,6-9,11H2,1-3H3. The van der Waals surface area contributed by atoms with E-state index < -0.39 is 0 Å². The molecule has 1 N–H and O–H groups in total. The van der Waals surface area contributed by atoms with Gasteiger partial charge in [-0.2, -0.15) is 0 Å². The minimum absolute atomic E-state index is 0.159. The molecule has 20 heavy (non-hydrogen) atoms. The van der Waals surface area contributed by atoms with Gasteiger partial charge in [0.05, 0.1) is 19.3 Å². The summed E-state index contributed by atoms with van der Waals surface area (Å²) in [6.07, 6.45) is 0. The fourth-order valence-electron chi connectivity index (χ4n) is 2.45. The normalized spacial score (nSPS) is 17.1. The monoisotopic (exact) mass is 276 g/mol. The zero-order chi connectivity index (χ0) is 14.5. The number of carbonyl (C=O) groups excluding carboxylic acids is 1. The van der Waals surface area contributed by atoms with Crippen molar-refractivity contribution in [2.45, 2.75) is 33.4 Å². The highest BCUT2D eigenvalue weighted by atomic mass is 16.5. The first-order chi connectivity index (χ1) is 9.58. The molecule has 1 aromatic rings. The van der Waals surface area contributed by atoms with E-state index in [2.05, 4.69) is 37.4 Å². The maximum absolute atomic E-state index is 12.3.